The molecule has 5 heteroatoms. The molecule has 1 aromatic rings. The Morgan fingerprint density at radius 2 is 1.50 bits per heavy atom. The van der Waals surface area contributed by atoms with Gasteiger partial charge >= 0.3 is 37.7 Å². The van der Waals surface area contributed by atoms with Gasteiger partial charge in [0.2, 0.25) is 0 Å². The molecule has 0 saturated heterocycles. The molecule has 0 bridgehead atoms. The third kappa shape index (κ3) is 5.35. The fourth-order valence-corrected chi connectivity index (χ4v) is 0.618. The second-order valence-electron chi connectivity index (χ2n) is 1.73. The van der Waals surface area contributed by atoms with Crippen LogP contribution in [0.25, 0.3) is 0 Å². The van der Waals surface area contributed by atoms with Crippen molar-refractivity contribution < 1.29 is 42.6 Å². The van der Waals surface area contributed by atoms with Gasteiger partial charge in [-0.15, -0.1) is 17.7 Å². The maximum absolute atomic E-state index is 9.86. The van der Waals surface area contributed by atoms with Crippen LogP contribution in [0.5, 0.6) is 0 Å². The number of rotatable bonds is 1. The molecule has 0 aliphatic carbocycles. The molecule has 0 aliphatic rings. The molecule has 0 atom stereocenters. The number of hydrogen-bond donors (Lipinski definition) is 0. The SMILES string of the molecule is [Li+].[Li+].[O-][N+]([O-])=[C-]c1ccccc1. The Morgan fingerprint density at radius 3 is 1.92 bits per heavy atom. The van der Waals surface area contributed by atoms with Gasteiger partial charge in [-0.25, -0.2) is 4.90 Å². The van der Waals surface area contributed by atoms with Crippen molar-refractivity contribution in [2.24, 2.45) is 0 Å². The Labute approximate surface area is 95.0 Å². The zero-order valence-corrected chi connectivity index (χ0v) is 7.15. The van der Waals surface area contributed by atoms with Gasteiger partial charge in [0.15, 0.2) is 0 Å². The maximum atomic E-state index is 9.86. The van der Waals surface area contributed by atoms with E-state index in [4.69, 9.17) is 0 Å². The Balaban J connectivity index is 0. The van der Waals surface area contributed by atoms with Crippen LogP contribution in [0.15, 0.2) is 30.3 Å². The zero-order chi connectivity index (χ0) is 7.40. The van der Waals surface area contributed by atoms with E-state index in [-0.39, 0.29) is 37.7 Å². The number of nitrogens with zero attached hydrogens (tertiary/aromatic N) is 1. The van der Waals surface area contributed by atoms with Gasteiger partial charge < -0.3 is 10.4 Å². The molecule has 3 nitrogen and oxygen atoms in total. The van der Waals surface area contributed by atoms with Gasteiger partial charge in [0.05, 0.1) is 0 Å². The third-order valence-corrected chi connectivity index (χ3v) is 0.994. The van der Waals surface area contributed by atoms with E-state index in [2.05, 4.69) is 0 Å². The van der Waals surface area contributed by atoms with Crippen molar-refractivity contribution in [3.63, 3.8) is 0 Å². The summed E-state index contributed by atoms with van der Waals surface area (Å²) in [7, 11) is 0. The summed E-state index contributed by atoms with van der Waals surface area (Å²) < 4.78 is 0. The van der Waals surface area contributed by atoms with Crippen molar-refractivity contribution in [3.8, 4) is 0 Å². The van der Waals surface area contributed by atoms with Crippen LogP contribution in [0, 0.1) is 10.4 Å². The molecular formula is C7H5Li2NO2. The fraction of sp³-hybridized carbons (Fsp3) is 0. The van der Waals surface area contributed by atoms with Crippen LogP contribution in [0.3, 0.4) is 0 Å². The summed E-state index contributed by atoms with van der Waals surface area (Å²) in [5.41, 5.74) is 0.493. The smallest absolute Gasteiger partial charge is 0.624 e. The molecule has 52 valence electrons. The van der Waals surface area contributed by atoms with Gasteiger partial charge in [-0.2, -0.15) is 12.1 Å². The second kappa shape index (κ2) is 7.34. The molecule has 0 spiro atoms. The van der Waals surface area contributed by atoms with E-state index in [1.807, 2.05) is 6.21 Å². The largest absolute Gasteiger partial charge is 1.00 e. The predicted molar refractivity (Wildman–Crippen MR) is 37.5 cm³/mol. The van der Waals surface area contributed by atoms with Crippen LogP contribution in [0.2, 0.25) is 0 Å². The van der Waals surface area contributed by atoms with E-state index in [1.165, 1.54) is 0 Å². The average molecular weight is 149 g/mol. The predicted octanol–water partition coefficient (Wildman–Crippen LogP) is -5.00. The number of hydrogen-bond acceptors (Lipinski definition) is 2. The minimum Gasteiger partial charge on any atom is -0.624 e. The van der Waals surface area contributed by atoms with E-state index in [1.54, 1.807) is 30.3 Å². The summed E-state index contributed by atoms with van der Waals surface area (Å²) in [4.78, 5) is -0.588. The first-order chi connectivity index (χ1) is 4.79. The van der Waals surface area contributed by atoms with Crippen LogP contribution < -0.4 is 37.7 Å². The van der Waals surface area contributed by atoms with Crippen molar-refractivity contribution >= 4 is 6.21 Å². The zero-order valence-electron chi connectivity index (χ0n) is 7.15. The van der Waals surface area contributed by atoms with Crippen molar-refractivity contribution in [2.75, 3.05) is 0 Å². The van der Waals surface area contributed by atoms with E-state index < -0.39 is 4.90 Å². The van der Waals surface area contributed by atoms with Gasteiger partial charge in [0.25, 0.3) is 0 Å². The molecule has 0 aromatic heterocycles. The maximum Gasteiger partial charge on any atom is 1.00 e. The van der Waals surface area contributed by atoms with Gasteiger partial charge in [-0.1, -0.05) is 6.07 Å². The number of benzene rings is 1. The van der Waals surface area contributed by atoms with Gasteiger partial charge in [-0.3, -0.25) is 0 Å². The summed E-state index contributed by atoms with van der Waals surface area (Å²) in [6, 6.07) is 8.51. The van der Waals surface area contributed by atoms with Crippen LogP contribution in [-0.2, 0) is 0 Å². The Hall–Kier alpha value is -0.315. The summed E-state index contributed by atoms with van der Waals surface area (Å²) in [5.74, 6) is 0. The summed E-state index contributed by atoms with van der Waals surface area (Å²) in [6.07, 6.45) is 2.03. The molecule has 0 aliphatic heterocycles. The Kier molecular flexibility index (Phi) is 8.70. The monoisotopic (exact) mass is 149 g/mol. The van der Waals surface area contributed by atoms with Crippen molar-refractivity contribution in [1.29, 1.82) is 0 Å². The van der Waals surface area contributed by atoms with Gasteiger partial charge in [0, 0.05) is 0 Å². The van der Waals surface area contributed by atoms with Crippen molar-refractivity contribution in [3.05, 3.63) is 46.3 Å². The third-order valence-electron chi connectivity index (χ3n) is 0.994. The molecule has 0 amide bonds. The molecule has 0 fully saturated rings. The minimum atomic E-state index is -0.588. The fourth-order valence-electron chi connectivity index (χ4n) is 0.618. The van der Waals surface area contributed by atoms with Crippen molar-refractivity contribution in [2.45, 2.75) is 0 Å². The quantitative estimate of drug-likeness (QED) is 0.132. The molecule has 0 heterocycles. The molecule has 12 heavy (non-hydrogen) atoms. The van der Waals surface area contributed by atoms with Gasteiger partial charge in [-0.05, 0) is 0 Å². The van der Waals surface area contributed by atoms with Crippen LogP contribution >= 0.6 is 0 Å². The van der Waals surface area contributed by atoms with E-state index in [0.717, 1.165) is 0 Å². The first-order valence-corrected chi connectivity index (χ1v) is 2.75. The Morgan fingerprint density at radius 1 is 1.00 bits per heavy atom. The average Bonchev–Trinajstić information content (AvgIpc) is 1.88. The molecule has 1 aromatic carbocycles. The Bertz CT molecular complexity index is 234. The van der Waals surface area contributed by atoms with Gasteiger partial charge in [0.1, 0.15) is 6.21 Å². The van der Waals surface area contributed by atoms with Crippen LogP contribution in [0.1, 0.15) is 5.56 Å². The first-order valence-electron chi connectivity index (χ1n) is 2.75. The normalized spacial score (nSPS) is 7.33. The topological polar surface area (TPSA) is 49.1 Å². The van der Waals surface area contributed by atoms with E-state index in [0.29, 0.717) is 5.56 Å². The molecule has 1 rings (SSSR count). The molecule has 0 saturated carbocycles. The van der Waals surface area contributed by atoms with E-state index in [9.17, 15) is 10.4 Å². The summed E-state index contributed by atoms with van der Waals surface area (Å²) in [6.45, 7) is 0. The summed E-state index contributed by atoms with van der Waals surface area (Å²) in [5, 5.41) is 19.7. The second-order valence-corrected chi connectivity index (χ2v) is 1.73. The molecule has 0 N–H and O–H groups in total. The van der Waals surface area contributed by atoms with Crippen LogP contribution in [0.4, 0.5) is 0 Å². The van der Waals surface area contributed by atoms with E-state index >= 15 is 0 Å². The molecular weight excluding hydrogens is 144 g/mol. The molecule has 0 unspecified atom stereocenters. The van der Waals surface area contributed by atoms with Crippen molar-refractivity contribution in [1.82, 2.24) is 0 Å². The standard InChI is InChI=1S/C7H5NO2.2Li/c9-8(10)6-7-4-2-1-3-5-7;;/h1-5H;;/q-2;2*+1. The van der Waals surface area contributed by atoms with Crippen LogP contribution in [-0.4, -0.2) is 11.1 Å². The summed E-state index contributed by atoms with van der Waals surface area (Å²) >= 11 is 0. The first kappa shape index (κ1) is 14.2. The molecule has 0 radical (unpaired) electrons. The minimum absolute atomic E-state index is 0.